The van der Waals surface area contributed by atoms with E-state index in [9.17, 15) is 15.0 Å². The van der Waals surface area contributed by atoms with Gasteiger partial charge in [0, 0.05) is 73.7 Å². The van der Waals surface area contributed by atoms with Crippen LogP contribution >= 0.6 is 0 Å². The quantitative estimate of drug-likeness (QED) is 0.158. The number of hydrogen-bond donors (Lipinski definition) is 4. The SMILES string of the molecule is CNCCC1(C)C(=O)CCC2(C)C1CCC1(C)C2C(O)C2Cn3cc(Cc4cc(C)cc(C5CCOCC5)c4)c4[nH]cc(c43)CCC(C)(CC(O)C3OC3(C)C)C3=C2C1(C)CC3=O. The summed E-state index contributed by atoms with van der Waals surface area (Å²) in [6.07, 6.45) is 11.9. The van der Waals surface area contributed by atoms with E-state index in [1.807, 2.05) is 20.9 Å². The highest BCUT2D eigenvalue weighted by Crippen LogP contribution is 2.76. The number of ether oxygens (including phenoxy) is 2. The van der Waals surface area contributed by atoms with E-state index in [0.29, 0.717) is 43.9 Å². The molecule has 0 bridgehead atoms. The van der Waals surface area contributed by atoms with Crippen molar-refractivity contribution in [1.82, 2.24) is 14.9 Å². The molecule has 2 aromatic heterocycles. The molecule has 3 aromatic rings. The normalized spacial score (nSPS) is 39.3. The first kappa shape index (κ1) is 43.8. The number of aryl methyl sites for hydroxylation is 2. The monoisotopic (exact) mass is 862 g/mol. The van der Waals surface area contributed by atoms with E-state index in [1.165, 1.54) is 33.3 Å². The number of benzene rings is 1. The van der Waals surface area contributed by atoms with E-state index < -0.39 is 34.1 Å². The van der Waals surface area contributed by atoms with Crippen LogP contribution in [0.5, 0.6) is 0 Å². The van der Waals surface area contributed by atoms with Gasteiger partial charge >= 0.3 is 0 Å². The van der Waals surface area contributed by atoms with Gasteiger partial charge in [0.05, 0.1) is 28.8 Å². The Balaban J connectivity index is 1.12. The number of aliphatic hydroxyl groups excluding tert-OH is 2. The largest absolute Gasteiger partial charge is 0.392 e. The maximum Gasteiger partial charge on any atom is 0.160 e. The summed E-state index contributed by atoms with van der Waals surface area (Å²) >= 11 is 0. The van der Waals surface area contributed by atoms with Crippen LogP contribution in [-0.4, -0.2) is 82.0 Å². The van der Waals surface area contributed by atoms with Crippen molar-refractivity contribution in [2.75, 3.05) is 26.8 Å². The fraction of sp³-hybridized carbons (Fsp3) is 0.704. The molecule has 3 aliphatic heterocycles. The summed E-state index contributed by atoms with van der Waals surface area (Å²) in [5.41, 5.74) is 8.17. The van der Waals surface area contributed by atoms with Gasteiger partial charge in [0.1, 0.15) is 11.9 Å². The Hall–Kier alpha value is -3.08. The first-order chi connectivity index (χ1) is 29.8. The van der Waals surface area contributed by atoms with E-state index >= 15 is 4.79 Å². The topological polar surface area (TPSA) is 129 Å². The first-order valence-electron chi connectivity index (χ1n) is 24.6. The lowest BCUT2D eigenvalue weighted by atomic mass is 9.34. The summed E-state index contributed by atoms with van der Waals surface area (Å²) in [7, 11) is 1.97. The number of carbonyl (C=O) groups is 2. The minimum absolute atomic E-state index is 0.107. The van der Waals surface area contributed by atoms with Crippen molar-refractivity contribution in [2.45, 2.75) is 169 Å². The summed E-state index contributed by atoms with van der Waals surface area (Å²) in [6, 6.07) is 7.12. The number of ketones is 2. The molecule has 11 atom stereocenters. The molecule has 63 heavy (non-hydrogen) atoms. The predicted octanol–water partition coefficient (Wildman–Crippen LogP) is 8.93. The van der Waals surface area contributed by atoms with Crippen LogP contribution in [0.25, 0.3) is 11.0 Å². The fourth-order valence-electron chi connectivity index (χ4n) is 16.1. The van der Waals surface area contributed by atoms with Crippen LogP contribution in [0.2, 0.25) is 0 Å². The molecule has 4 aliphatic carbocycles. The number of epoxide rings is 1. The second-order valence-electron chi connectivity index (χ2n) is 23.6. The maximum absolute atomic E-state index is 15.3. The smallest absolute Gasteiger partial charge is 0.160 e. The van der Waals surface area contributed by atoms with Gasteiger partial charge in [-0.05, 0) is 154 Å². The molecule has 3 saturated carbocycles. The molecule has 0 radical (unpaired) electrons. The number of allylic oxidation sites excluding steroid dienone is 1. The summed E-state index contributed by atoms with van der Waals surface area (Å²) in [6.45, 7) is 20.9. The number of aliphatic hydroxyl groups is 2. The molecule has 9 nitrogen and oxygen atoms in total. The van der Waals surface area contributed by atoms with Crippen molar-refractivity contribution in [1.29, 1.82) is 0 Å². The van der Waals surface area contributed by atoms with Gasteiger partial charge in [-0.15, -0.1) is 0 Å². The number of carbonyl (C=O) groups excluding carboxylic acids is 2. The van der Waals surface area contributed by atoms with Crippen LogP contribution in [-0.2, 0) is 38.4 Å². The van der Waals surface area contributed by atoms with Crippen LogP contribution in [0.4, 0.5) is 0 Å². The van der Waals surface area contributed by atoms with Crippen LogP contribution in [0, 0.1) is 51.8 Å². The molecule has 11 unspecified atom stereocenters. The molecule has 1 aromatic carbocycles. The molecule has 2 saturated heterocycles. The molecular formula is C54H75N3O6. The number of nitrogens with zero attached hydrogens (tertiary/aromatic N) is 1. The lowest BCUT2D eigenvalue weighted by Gasteiger charge is -2.70. The molecule has 0 amide bonds. The number of aromatic amines is 1. The Morgan fingerprint density at radius 2 is 1.73 bits per heavy atom. The number of fused-ring (bicyclic) bond motifs is 4. The minimum Gasteiger partial charge on any atom is -0.392 e. The summed E-state index contributed by atoms with van der Waals surface area (Å²) < 4.78 is 14.2. The predicted molar refractivity (Wildman–Crippen MR) is 247 cm³/mol. The maximum atomic E-state index is 15.3. The average molecular weight is 862 g/mol. The molecule has 0 spiro atoms. The molecule has 7 aliphatic rings. The van der Waals surface area contributed by atoms with Crippen molar-refractivity contribution >= 4 is 22.6 Å². The summed E-state index contributed by atoms with van der Waals surface area (Å²) in [4.78, 5) is 33.1. The Bertz CT molecular complexity index is 2370. The van der Waals surface area contributed by atoms with Crippen LogP contribution < -0.4 is 5.32 Å². The van der Waals surface area contributed by atoms with Gasteiger partial charge < -0.3 is 34.6 Å². The molecule has 5 heterocycles. The number of hydrogen-bond acceptors (Lipinski definition) is 7. The van der Waals surface area contributed by atoms with Gasteiger partial charge in [-0.25, -0.2) is 0 Å². The Kier molecular flexibility index (Phi) is 10.4. The van der Waals surface area contributed by atoms with Crippen molar-refractivity contribution < 1.29 is 29.3 Å². The highest BCUT2D eigenvalue weighted by molar-refractivity contribution is 6.02. The molecule has 4 N–H and O–H groups in total. The minimum atomic E-state index is -0.727. The summed E-state index contributed by atoms with van der Waals surface area (Å²) in [5.74, 6) is 0.784. The van der Waals surface area contributed by atoms with Crippen molar-refractivity contribution in [3.05, 3.63) is 69.6 Å². The molecule has 5 fully saturated rings. The number of H-pyrrole nitrogens is 1. The lowest BCUT2D eigenvalue weighted by Crippen LogP contribution is -2.68. The summed E-state index contributed by atoms with van der Waals surface area (Å²) in [5, 5.41) is 29.0. The van der Waals surface area contributed by atoms with Gasteiger partial charge in [-0.1, -0.05) is 58.4 Å². The fourth-order valence-corrected chi connectivity index (χ4v) is 16.1. The van der Waals surface area contributed by atoms with Crippen molar-refractivity contribution in [2.24, 2.45) is 44.8 Å². The van der Waals surface area contributed by atoms with Crippen LogP contribution in [0.3, 0.4) is 0 Å². The van der Waals surface area contributed by atoms with Gasteiger partial charge in [0.2, 0.25) is 0 Å². The van der Waals surface area contributed by atoms with Gasteiger partial charge in [-0.3, -0.25) is 9.59 Å². The van der Waals surface area contributed by atoms with Gasteiger partial charge in [0.15, 0.2) is 5.78 Å². The Morgan fingerprint density at radius 3 is 2.44 bits per heavy atom. The van der Waals surface area contributed by atoms with E-state index in [2.05, 4.69) is 87.0 Å². The van der Waals surface area contributed by atoms with E-state index in [0.717, 1.165) is 87.8 Å². The zero-order valence-corrected chi connectivity index (χ0v) is 39.7. The van der Waals surface area contributed by atoms with Gasteiger partial charge in [0.25, 0.3) is 0 Å². The van der Waals surface area contributed by atoms with Crippen LogP contribution in [0.15, 0.2) is 41.7 Å². The average Bonchev–Trinajstić information content (AvgIpc) is 3.47. The van der Waals surface area contributed by atoms with Crippen molar-refractivity contribution in [3.8, 4) is 0 Å². The zero-order chi connectivity index (χ0) is 44.6. The third kappa shape index (κ3) is 6.53. The Morgan fingerprint density at radius 1 is 0.984 bits per heavy atom. The standard InChI is InChI=1S/C54H75N3O6/c1-31-22-32(24-35(23-31)33-13-20-62-21-14-33)25-36-29-57-30-37-42-43(50(4,26-39(59)48-49(2,3)63-48)15-10-34-28-56-44(36)45(34)57)38(58)27-54(42,8)53(7)17-11-40-51(5,18-19-55-9)41(60)12-16-52(40,6)47(53)46(37)61/h22-24,28-29,33,37,39-40,46-48,55-56,59,61H,10-21,25-27,30H2,1-9H3. The Labute approximate surface area is 375 Å². The highest BCUT2D eigenvalue weighted by Gasteiger charge is 2.73. The number of Topliss-reactive ketones (excluding diaryl/α,β-unsaturated/α-hetero) is 2. The molecular weight excluding hydrogens is 787 g/mol. The first-order valence-corrected chi connectivity index (χ1v) is 24.6. The van der Waals surface area contributed by atoms with Crippen molar-refractivity contribution in [3.63, 3.8) is 0 Å². The molecule has 342 valence electrons. The van der Waals surface area contributed by atoms with E-state index in [4.69, 9.17) is 9.47 Å². The van der Waals surface area contributed by atoms with E-state index in [1.54, 1.807) is 0 Å². The third-order valence-corrected chi connectivity index (χ3v) is 19.5. The number of aromatic nitrogens is 2. The van der Waals surface area contributed by atoms with Gasteiger partial charge in [-0.2, -0.15) is 0 Å². The number of nitrogens with one attached hydrogen (secondary N) is 2. The molecule has 10 rings (SSSR count). The zero-order valence-electron chi connectivity index (χ0n) is 39.7. The second-order valence-corrected chi connectivity index (χ2v) is 23.6. The third-order valence-electron chi connectivity index (χ3n) is 19.5. The van der Waals surface area contributed by atoms with Crippen LogP contribution in [0.1, 0.15) is 146 Å². The molecule has 9 heteroatoms. The number of rotatable bonds is 9. The van der Waals surface area contributed by atoms with E-state index in [-0.39, 0.29) is 40.5 Å². The second kappa shape index (κ2) is 15.0. The highest BCUT2D eigenvalue weighted by atomic mass is 16.6. The lowest BCUT2D eigenvalue weighted by molar-refractivity contribution is -0.222.